The molecule has 0 radical (unpaired) electrons. The van der Waals surface area contributed by atoms with Crippen LogP contribution in [-0.4, -0.2) is 34.2 Å². The minimum atomic E-state index is -1.05. The number of nitrogens with one attached hydrogen (secondary N) is 1. The van der Waals surface area contributed by atoms with Gasteiger partial charge in [0.05, 0.1) is 17.6 Å². The molecule has 1 rings (SSSR count). The van der Waals surface area contributed by atoms with Gasteiger partial charge in [-0.1, -0.05) is 25.1 Å². The van der Waals surface area contributed by atoms with Gasteiger partial charge in [-0.15, -0.1) is 0 Å². The zero-order chi connectivity index (χ0) is 14.5. The Kier molecular flexibility index (Phi) is 5.06. The van der Waals surface area contributed by atoms with E-state index in [1.54, 1.807) is 25.1 Å². The summed E-state index contributed by atoms with van der Waals surface area (Å²) in [5.74, 6) is -1.36. The maximum Gasteiger partial charge on any atom is 0.335 e. The number of aromatic carboxylic acids is 1. The van der Waals surface area contributed by atoms with E-state index in [1.807, 2.05) is 6.92 Å². The van der Waals surface area contributed by atoms with Crippen molar-refractivity contribution in [2.75, 3.05) is 6.54 Å². The van der Waals surface area contributed by atoms with E-state index < -0.39 is 11.6 Å². The lowest BCUT2D eigenvalue weighted by molar-refractivity contribution is -0.121. The highest BCUT2D eigenvalue weighted by atomic mass is 16.4. The van der Waals surface area contributed by atoms with Crippen molar-refractivity contribution >= 4 is 11.9 Å². The number of rotatable bonds is 6. The van der Waals surface area contributed by atoms with Crippen LogP contribution in [0.1, 0.15) is 36.2 Å². The van der Waals surface area contributed by atoms with E-state index in [2.05, 4.69) is 5.32 Å². The van der Waals surface area contributed by atoms with E-state index >= 15 is 0 Å². The summed E-state index contributed by atoms with van der Waals surface area (Å²) in [5.41, 5.74) is -0.356. The molecule has 19 heavy (non-hydrogen) atoms. The maximum atomic E-state index is 11.7. The Labute approximate surface area is 112 Å². The number of hydrogen-bond donors (Lipinski definition) is 3. The second kappa shape index (κ2) is 6.33. The first kappa shape index (κ1) is 15.2. The number of hydrogen-bond acceptors (Lipinski definition) is 3. The molecule has 0 fully saturated rings. The fourth-order valence-electron chi connectivity index (χ4n) is 1.53. The fourth-order valence-corrected chi connectivity index (χ4v) is 1.53. The smallest absolute Gasteiger partial charge is 0.335 e. The molecule has 104 valence electrons. The maximum absolute atomic E-state index is 11.7. The molecule has 3 N–H and O–H groups in total. The standard InChI is InChI=1S/C14H19NO4/c1-3-14(2,19)9-15-12(16)8-10-6-4-5-7-11(10)13(17)18/h4-7,19H,3,8-9H2,1-2H3,(H,15,16)(H,17,18). The molecule has 5 nitrogen and oxygen atoms in total. The van der Waals surface area contributed by atoms with Crippen LogP contribution in [-0.2, 0) is 11.2 Å². The average Bonchev–Trinajstić information content (AvgIpc) is 2.37. The van der Waals surface area contributed by atoms with E-state index in [1.165, 1.54) is 6.07 Å². The van der Waals surface area contributed by atoms with Gasteiger partial charge < -0.3 is 15.5 Å². The van der Waals surface area contributed by atoms with Gasteiger partial charge in [-0.3, -0.25) is 4.79 Å². The van der Waals surface area contributed by atoms with Crippen LogP contribution < -0.4 is 5.32 Å². The summed E-state index contributed by atoms with van der Waals surface area (Å²) in [4.78, 5) is 22.7. The summed E-state index contributed by atoms with van der Waals surface area (Å²) in [6, 6.07) is 6.39. The third kappa shape index (κ3) is 4.71. The third-order valence-corrected chi connectivity index (χ3v) is 3.03. The highest BCUT2D eigenvalue weighted by Gasteiger charge is 2.19. The summed E-state index contributed by atoms with van der Waals surface area (Å²) in [6.45, 7) is 3.61. The van der Waals surface area contributed by atoms with Crippen LogP contribution in [0.25, 0.3) is 0 Å². The van der Waals surface area contributed by atoms with Crippen LogP contribution >= 0.6 is 0 Å². The number of carbonyl (C=O) groups excluding carboxylic acids is 1. The van der Waals surface area contributed by atoms with E-state index in [-0.39, 0.29) is 24.4 Å². The molecule has 1 aromatic rings. The Balaban J connectivity index is 2.65. The van der Waals surface area contributed by atoms with Gasteiger partial charge in [0.2, 0.25) is 5.91 Å². The molecule has 0 bridgehead atoms. The van der Waals surface area contributed by atoms with Crippen LogP contribution in [0.2, 0.25) is 0 Å². The number of amides is 1. The highest BCUT2D eigenvalue weighted by molar-refractivity contribution is 5.91. The number of benzene rings is 1. The Hall–Kier alpha value is -1.88. The SMILES string of the molecule is CCC(C)(O)CNC(=O)Cc1ccccc1C(=O)O. The van der Waals surface area contributed by atoms with Gasteiger partial charge in [0, 0.05) is 6.54 Å². The largest absolute Gasteiger partial charge is 0.478 e. The Morgan fingerprint density at radius 3 is 2.53 bits per heavy atom. The van der Waals surface area contributed by atoms with E-state index in [0.29, 0.717) is 12.0 Å². The van der Waals surface area contributed by atoms with Crippen LogP contribution in [0.4, 0.5) is 0 Å². The van der Waals surface area contributed by atoms with Gasteiger partial charge in [0.1, 0.15) is 0 Å². The summed E-state index contributed by atoms with van der Waals surface area (Å²) >= 11 is 0. The first-order chi connectivity index (χ1) is 8.85. The van der Waals surface area contributed by atoms with E-state index in [0.717, 1.165) is 0 Å². The predicted octanol–water partition coefficient (Wildman–Crippen LogP) is 1.20. The molecule has 5 heteroatoms. The molecular formula is C14H19NO4. The first-order valence-corrected chi connectivity index (χ1v) is 6.16. The van der Waals surface area contributed by atoms with E-state index in [4.69, 9.17) is 5.11 Å². The second-order valence-corrected chi connectivity index (χ2v) is 4.77. The van der Waals surface area contributed by atoms with Crippen molar-refractivity contribution in [3.05, 3.63) is 35.4 Å². The molecule has 1 unspecified atom stereocenters. The molecule has 0 spiro atoms. The van der Waals surface area contributed by atoms with Crippen molar-refractivity contribution in [2.24, 2.45) is 0 Å². The van der Waals surface area contributed by atoms with Gasteiger partial charge in [-0.25, -0.2) is 4.79 Å². The molecule has 0 aliphatic heterocycles. The lowest BCUT2D eigenvalue weighted by Crippen LogP contribution is -2.40. The average molecular weight is 265 g/mol. The Morgan fingerprint density at radius 2 is 1.95 bits per heavy atom. The monoisotopic (exact) mass is 265 g/mol. The molecule has 0 heterocycles. The van der Waals surface area contributed by atoms with Crippen molar-refractivity contribution in [1.29, 1.82) is 0 Å². The second-order valence-electron chi connectivity index (χ2n) is 4.77. The van der Waals surface area contributed by atoms with Gasteiger partial charge >= 0.3 is 5.97 Å². The van der Waals surface area contributed by atoms with E-state index in [9.17, 15) is 14.7 Å². The predicted molar refractivity (Wildman–Crippen MR) is 71.0 cm³/mol. The Morgan fingerprint density at radius 1 is 1.32 bits per heavy atom. The van der Waals surface area contributed by atoms with Crippen molar-refractivity contribution in [3.8, 4) is 0 Å². The molecule has 0 saturated heterocycles. The third-order valence-electron chi connectivity index (χ3n) is 3.03. The van der Waals surface area contributed by atoms with Crippen molar-refractivity contribution in [3.63, 3.8) is 0 Å². The van der Waals surface area contributed by atoms with Crippen LogP contribution in [0, 0.1) is 0 Å². The quantitative estimate of drug-likeness (QED) is 0.721. The lowest BCUT2D eigenvalue weighted by atomic mass is 10.0. The summed E-state index contributed by atoms with van der Waals surface area (Å²) < 4.78 is 0. The van der Waals surface area contributed by atoms with Crippen LogP contribution in [0.15, 0.2) is 24.3 Å². The zero-order valence-electron chi connectivity index (χ0n) is 11.1. The summed E-state index contributed by atoms with van der Waals surface area (Å²) in [6.07, 6.45) is 0.515. The molecule has 1 amide bonds. The zero-order valence-corrected chi connectivity index (χ0v) is 11.1. The van der Waals surface area contributed by atoms with Gasteiger partial charge in [-0.05, 0) is 25.0 Å². The number of carboxylic acids is 1. The fraction of sp³-hybridized carbons (Fsp3) is 0.429. The van der Waals surface area contributed by atoms with Crippen molar-refractivity contribution in [2.45, 2.75) is 32.3 Å². The lowest BCUT2D eigenvalue weighted by Gasteiger charge is -2.21. The first-order valence-electron chi connectivity index (χ1n) is 6.16. The summed E-state index contributed by atoms with van der Waals surface area (Å²) in [7, 11) is 0. The Bertz CT molecular complexity index is 468. The number of carbonyl (C=O) groups is 2. The minimum Gasteiger partial charge on any atom is -0.478 e. The topological polar surface area (TPSA) is 86.6 Å². The van der Waals surface area contributed by atoms with Crippen molar-refractivity contribution < 1.29 is 19.8 Å². The molecule has 0 saturated carbocycles. The molecular weight excluding hydrogens is 246 g/mol. The van der Waals surface area contributed by atoms with Crippen LogP contribution in [0.3, 0.4) is 0 Å². The molecule has 1 aromatic carbocycles. The van der Waals surface area contributed by atoms with Crippen LogP contribution in [0.5, 0.6) is 0 Å². The molecule has 0 aliphatic carbocycles. The molecule has 0 aliphatic rings. The number of aliphatic hydroxyl groups is 1. The van der Waals surface area contributed by atoms with Crippen molar-refractivity contribution in [1.82, 2.24) is 5.32 Å². The van der Waals surface area contributed by atoms with Gasteiger partial charge in [0.15, 0.2) is 0 Å². The molecule has 0 aromatic heterocycles. The minimum absolute atomic E-state index is 0.0116. The van der Waals surface area contributed by atoms with Gasteiger partial charge in [0.25, 0.3) is 0 Å². The highest BCUT2D eigenvalue weighted by Crippen LogP contribution is 2.10. The summed E-state index contributed by atoms with van der Waals surface area (Å²) in [5, 5.41) is 21.4. The number of carboxylic acid groups (broad SMARTS) is 1. The molecule has 1 atom stereocenters. The van der Waals surface area contributed by atoms with Gasteiger partial charge in [-0.2, -0.15) is 0 Å². The normalized spacial score (nSPS) is 13.6.